The summed E-state index contributed by atoms with van der Waals surface area (Å²) < 4.78 is 26.1. The van der Waals surface area contributed by atoms with Crippen molar-refractivity contribution in [3.8, 4) is 0 Å². The van der Waals surface area contributed by atoms with Crippen LogP contribution < -0.4 is 0 Å². The summed E-state index contributed by atoms with van der Waals surface area (Å²) in [6.07, 6.45) is 3.64. The molecule has 0 aromatic heterocycles. The van der Waals surface area contributed by atoms with E-state index in [4.69, 9.17) is 0 Å². The third-order valence-corrected chi connectivity index (χ3v) is 8.03. The van der Waals surface area contributed by atoms with Gasteiger partial charge in [0.1, 0.15) is 6.04 Å². The van der Waals surface area contributed by atoms with Crippen molar-refractivity contribution in [1.82, 2.24) is 19.0 Å². The molecule has 5 heterocycles. The number of fused-ring (bicyclic) bond motifs is 4. The average molecular weight is 356 g/mol. The SMILES string of the molecule is O=C(C1CN2CCCN1CC2)N1CCCC(N2CCCS2(=O)=O)C1. The highest BCUT2D eigenvalue weighted by Crippen LogP contribution is 2.25. The number of carbonyl (C=O) groups excluding carboxylic acids is 1. The molecule has 0 spiro atoms. The van der Waals surface area contributed by atoms with Crippen LogP contribution in [0.2, 0.25) is 0 Å². The summed E-state index contributed by atoms with van der Waals surface area (Å²) in [7, 11) is -3.10. The number of hydrogen-bond donors (Lipinski definition) is 0. The number of rotatable bonds is 2. The molecular formula is C16H28N4O3S. The Hall–Kier alpha value is -0.700. The highest BCUT2D eigenvalue weighted by molar-refractivity contribution is 7.89. The fraction of sp³-hybridized carbons (Fsp3) is 0.938. The maximum absolute atomic E-state index is 13.1. The molecule has 136 valence electrons. The zero-order valence-corrected chi connectivity index (χ0v) is 15.1. The number of amides is 1. The van der Waals surface area contributed by atoms with Crippen LogP contribution in [0.4, 0.5) is 0 Å². The van der Waals surface area contributed by atoms with E-state index in [1.807, 2.05) is 4.90 Å². The van der Waals surface area contributed by atoms with Crippen LogP contribution in [0.15, 0.2) is 0 Å². The first-order chi connectivity index (χ1) is 11.5. The molecule has 4 atom stereocenters. The lowest BCUT2D eigenvalue weighted by molar-refractivity contribution is -0.140. The minimum absolute atomic E-state index is 0.0199. The maximum Gasteiger partial charge on any atom is 0.241 e. The van der Waals surface area contributed by atoms with Gasteiger partial charge in [-0.05, 0) is 32.2 Å². The molecule has 24 heavy (non-hydrogen) atoms. The van der Waals surface area contributed by atoms with Crippen molar-refractivity contribution in [2.45, 2.75) is 37.8 Å². The third-order valence-electron chi connectivity index (χ3n) is 6.03. The lowest BCUT2D eigenvalue weighted by atomic mass is 10.0. The van der Waals surface area contributed by atoms with Gasteiger partial charge in [0, 0.05) is 51.9 Å². The summed E-state index contributed by atoms with van der Waals surface area (Å²) >= 11 is 0. The summed E-state index contributed by atoms with van der Waals surface area (Å²) in [6.45, 7) is 6.95. The molecular weight excluding hydrogens is 328 g/mol. The molecule has 0 aromatic carbocycles. The van der Waals surface area contributed by atoms with E-state index in [1.54, 1.807) is 4.31 Å². The Labute approximate surface area is 144 Å². The van der Waals surface area contributed by atoms with Gasteiger partial charge >= 0.3 is 0 Å². The summed E-state index contributed by atoms with van der Waals surface area (Å²) in [5, 5.41) is 0. The quantitative estimate of drug-likeness (QED) is 0.661. The molecule has 0 aliphatic carbocycles. The minimum atomic E-state index is -3.10. The van der Waals surface area contributed by atoms with Gasteiger partial charge in [-0.2, -0.15) is 4.31 Å². The van der Waals surface area contributed by atoms with Crippen molar-refractivity contribution in [2.75, 3.05) is 58.1 Å². The number of sulfonamides is 1. The lowest BCUT2D eigenvalue weighted by Crippen LogP contribution is -2.60. The van der Waals surface area contributed by atoms with Crippen LogP contribution in [-0.4, -0.2) is 104 Å². The Morgan fingerprint density at radius 3 is 2.54 bits per heavy atom. The van der Waals surface area contributed by atoms with E-state index < -0.39 is 10.0 Å². The van der Waals surface area contributed by atoms with Gasteiger partial charge in [-0.3, -0.25) is 14.6 Å². The molecule has 7 nitrogen and oxygen atoms in total. The molecule has 2 bridgehead atoms. The highest BCUT2D eigenvalue weighted by Gasteiger charge is 2.41. The molecule has 5 aliphatic heterocycles. The first-order valence-corrected chi connectivity index (χ1v) is 10.9. The Kier molecular flexibility index (Phi) is 4.57. The fourth-order valence-corrected chi connectivity index (χ4v) is 6.51. The topological polar surface area (TPSA) is 64.2 Å². The molecule has 0 radical (unpaired) electrons. The zero-order valence-electron chi connectivity index (χ0n) is 14.3. The Balaban J connectivity index is 1.45. The van der Waals surface area contributed by atoms with Gasteiger partial charge in [-0.1, -0.05) is 0 Å². The fourth-order valence-electron chi connectivity index (χ4n) is 4.75. The van der Waals surface area contributed by atoms with Gasteiger partial charge in [0.15, 0.2) is 0 Å². The summed E-state index contributed by atoms with van der Waals surface area (Å²) in [4.78, 5) is 19.8. The van der Waals surface area contributed by atoms with Crippen LogP contribution in [0, 0.1) is 0 Å². The second-order valence-corrected chi connectivity index (χ2v) is 9.61. The third kappa shape index (κ3) is 3.09. The summed E-state index contributed by atoms with van der Waals surface area (Å²) in [6, 6.07) is -0.0522. The van der Waals surface area contributed by atoms with E-state index >= 15 is 0 Å². The summed E-state index contributed by atoms with van der Waals surface area (Å²) in [5.74, 6) is 0.478. The number of likely N-dealkylation sites (tertiary alicyclic amines) is 1. The van der Waals surface area contributed by atoms with E-state index in [9.17, 15) is 13.2 Å². The summed E-state index contributed by atoms with van der Waals surface area (Å²) in [5.41, 5.74) is 0. The van der Waals surface area contributed by atoms with Gasteiger partial charge in [0.2, 0.25) is 15.9 Å². The highest BCUT2D eigenvalue weighted by atomic mass is 32.2. The maximum atomic E-state index is 13.1. The molecule has 5 saturated heterocycles. The Bertz CT molecular complexity index is 592. The van der Waals surface area contributed by atoms with E-state index in [-0.39, 0.29) is 23.7 Å². The largest absolute Gasteiger partial charge is 0.340 e. The van der Waals surface area contributed by atoms with E-state index in [2.05, 4.69) is 9.80 Å². The van der Waals surface area contributed by atoms with E-state index in [0.29, 0.717) is 13.1 Å². The number of hydrogen-bond acceptors (Lipinski definition) is 5. The molecule has 8 heteroatoms. The van der Waals surface area contributed by atoms with Crippen molar-refractivity contribution < 1.29 is 13.2 Å². The van der Waals surface area contributed by atoms with Crippen molar-refractivity contribution in [3.63, 3.8) is 0 Å². The van der Waals surface area contributed by atoms with Crippen LogP contribution in [0.3, 0.4) is 0 Å². The lowest BCUT2D eigenvalue weighted by Gasteiger charge is -2.42. The van der Waals surface area contributed by atoms with Gasteiger partial charge in [-0.15, -0.1) is 0 Å². The monoisotopic (exact) mass is 356 g/mol. The van der Waals surface area contributed by atoms with Crippen molar-refractivity contribution in [1.29, 1.82) is 0 Å². The van der Waals surface area contributed by atoms with Crippen molar-refractivity contribution >= 4 is 15.9 Å². The van der Waals surface area contributed by atoms with Crippen LogP contribution in [0.5, 0.6) is 0 Å². The number of carbonyl (C=O) groups is 1. The van der Waals surface area contributed by atoms with Crippen LogP contribution in [0.1, 0.15) is 25.7 Å². The van der Waals surface area contributed by atoms with Crippen molar-refractivity contribution in [3.05, 3.63) is 0 Å². The van der Waals surface area contributed by atoms with E-state index in [1.165, 1.54) is 0 Å². The Morgan fingerprint density at radius 1 is 0.875 bits per heavy atom. The van der Waals surface area contributed by atoms with Crippen molar-refractivity contribution in [2.24, 2.45) is 0 Å². The van der Waals surface area contributed by atoms with Crippen LogP contribution in [0.25, 0.3) is 0 Å². The molecule has 0 N–H and O–H groups in total. The predicted octanol–water partition coefficient (Wildman–Crippen LogP) is -0.597. The molecule has 5 rings (SSSR count). The minimum Gasteiger partial charge on any atom is -0.340 e. The second kappa shape index (κ2) is 6.55. The van der Waals surface area contributed by atoms with E-state index in [0.717, 1.165) is 65.0 Å². The second-order valence-electron chi connectivity index (χ2n) is 7.57. The Morgan fingerprint density at radius 2 is 1.75 bits per heavy atom. The first kappa shape index (κ1) is 16.8. The smallest absolute Gasteiger partial charge is 0.241 e. The van der Waals surface area contributed by atoms with Crippen LogP contribution in [-0.2, 0) is 14.8 Å². The number of nitrogens with zero attached hydrogens (tertiary/aromatic N) is 4. The molecule has 0 saturated carbocycles. The predicted molar refractivity (Wildman–Crippen MR) is 91.1 cm³/mol. The number of piperidine rings is 1. The molecule has 5 fully saturated rings. The van der Waals surface area contributed by atoms with Crippen LogP contribution >= 0.6 is 0 Å². The first-order valence-electron chi connectivity index (χ1n) is 9.29. The molecule has 5 aliphatic rings. The standard InChI is InChI=1S/C16H28N4O3S/c21-16(15-13-17-5-2-7-18(15)10-9-17)19-6-1-4-14(12-19)20-8-3-11-24(20,22)23/h14-15H,1-13H2. The molecule has 0 aromatic rings. The van der Waals surface area contributed by atoms with Gasteiger partial charge < -0.3 is 4.90 Å². The normalized spacial score (nSPS) is 39.8. The molecule has 1 amide bonds. The molecule has 4 unspecified atom stereocenters. The zero-order chi connectivity index (χ0) is 16.7. The average Bonchev–Trinajstić information content (AvgIpc) is 2.76. The number of piperazine rings is 1. The van der Waals surface area contributed by atoms with Gasteiger partial charge in [0.05, 0.1) is 5.75 Å². The van der Waals surface area contributed by atoms with Gasteiger partial charge in [0.25, 0.3) is 0 Å². The van der Waals surface area contributed by atoms with Gasteiger partial charge in [-0.25, -0.2) is 8.42 Å².